The van der Waals surface area contributed by atoms with Gasteiger partial charge in [-0.2, -0.15) is 0 Å². The van der Waals surface area contributed by atoms with Gasteiger partial charge in [0.25, 0.3) is 0 Å². The molecule has 0 aliphatic heterocycles. The summed E-state index contributed by atoms with van der Waals surface area (Å²) in [4.78, 5) is 2.56. The minimum atomic E-state index is 0.341. The van der Waals surface area contributed by atoms with E-state index in [1.54, 1.807) is 0 Å². The maximum Gasteiger partial charge on any atom is 0.0113 e. The molecular weight excluding hydrogens is 244 g/mol. The maximum absolute atomic E-state index is 3.68. The van der Waals surface area contributed by atoms with Crippen LogP contribution in [-0.4, -0.2) is 37.6 Å². The fourth-order valence-corrected chi connectivity index (χ4v) is 2.73. The van der Waals surface area contributed by atoms with E-state index < -0.39 is 0 Å². The number of nitrogens with one attached hydrogen (secondary N) is 1. The number of nitrogens with zero attached hydrogens (tertiary/aromatic N) is 1. The molecule has 0 fully saturated rings. The Morgan fingerprint density at radius 2 is 1.50 bits per heavy atom. The normalized spacial score (nSPS) is 15.2. The van der Waals surface area contributed by atoms with Gasteiger partial charge in [0.05, 0.1) is 0 Å². The van der Waals surface area contributed by atoms with Crippen LogP contribution in [0.15, 0.2) is 0 Å². The van der Waals surface area contributed by atoms with Crippen molar-refractivity contribution in [3.63, 3.8) is 0 Å². The average molecular weight is 285 g/mol. The summed E-state index contributed by atoms with van der Waals surface area (Å²) in [6.07, 6.45) is 2.49. The van der Waals surface area contributed by atoms with Gasteiger partial charge in [-0.1, -0.05) is 48.5 Å². The first-order valence-electron chi connectivity index (χ1n) is 8.49. The zero-order valence-corrected chi connectivity index (χ0v) is 15.6. The van der Waals surface area contributed by atoms with Crippen LogP contribution in [0.5, 0.6) is 0 Å². The van der Waals surface area contributed by atoms with Gasteiger partial charge in [0.15, 0.2) is 0 Å². The van der Waals surface area contributed by atoms with Crippen LogP contribution in [0.2, 0.25) is 0 Å². The molecule has 1 N–H and O–H groups in total. The second-order valence-electron chi connectivity index (χ2n) is 8.19. The van der Waals surface area contributed by atoms with E-state index in [1.165, 1.54) is 19.4 Å². The van der Waals surface area contributed by atoms with Gasteiger partial charge in [0.1, 0.15) is 0 Å². The van der Waals surface area contributed by atoms with Crippen LogP contribution in [0, 0.1) is 16.7 Å². The van der Waals surface area contributed by atoms with Crippen LogP contribution in [-0.2, 0) is 0 Å². The third-order valence-electron chi connectivity index (χ3n) is 5.05. The molecule has 0 saturated carbocycles. The fourth-order valence-electron chi connectivity index (χ4n) is 2.73. The molecule has 1 unspecified atom stereocenters. The molecule has 0 aliphatic rings. The molecule has 0 aromatic carbocycles. The van der Waals surface area contributed by atoms with Gasteiger partial charge < -0.3 is 10.2 Å². The van der Waals surface area contributed by atoms with Crippen LogP contribution in [0.25, 0.3) is 0 Å². The summed E-state index contributed by atoms with van der Waals surface area (Å²) in [5.41, 5.74) is 0.747. The predicted molar refractivity (Wildman–Crippen MR) is 92.3 cm³/mol. The molecule has 20 heavy (non-hydrogen) atoms. The molecule has 2 heteroatoms. The lowest BCUT2D eigenvalue weighted by atomic mass is 9.79. The van der Waals surface area contributed by atoms with Gasteiger partial charge in [-0.3, -0.25) is 0 Å². The monoisotopic (exact) mass is 284 g/mol. The Morgan fingerprint density at radius 1 is 1.00 bits per heavy atom. The summed E-state index contributed by atoms with van der Waals surface area (Å²) >= 11 is 0. The molecule has 0 aromatic rings. The molecule has 0 heterocycles. The highest BCUT2D eigenvalue weighted by Crippen LogP contribution is 2.30. The van der Waals surface area contributed by atoms with E-state index >= 15 is 0 Å². The SMILES string of the molecule is CCC(CC)(CNCC(C)C)CN(C)C(C)C(C)(C)C. The highest BCUT2D eigenvalue weighted by molar-refractivity contribution is 4.86. The minimum absolute atomic E-state index is 0.341. The molecule has 0 rings (SSSR count). The Morgan fingerprint density at radius 3 is 1.85 bits per heavy atom. The first-order valence-corrected chi connectivity index (χ1v) is 8.49. The standard InChI is InChI=1S/C18H40N2/c1-10-18(11-2,13-19-12-15(3)4)14-20(9)16(5)17(6,7)8/h15-16,19H,10-14H2,1-9H3. The van der Waals surface area contributed by atoms with Gasteiger partial charge in [-0.05, 0) is 50.1 Å². The largest absolute Gasteiger partial charge is 0.316 e. The van der Waals surface area contributed by atoms with E-state index in [1.807, 2.05) is 0 Å². The van der Waals surface area contributed by atoms with Crippen LogP contribution in [0.1, 0.15) is 68.2 Å². The molecule has 1 atom stereocenters. The van der Waals surface area contributed by atoms with E-state index in [4.69, 9.17) is 0 Å². The molecule has 0 aromatic heterocycles. The summed E-state index contributed by atoms with van der Waals surface area (Å²) < 4.78 is 0. The van der Waals surface area contributed by atoms with Crippen LogP contribution < -0.4 is 5.32 Å². The van der Waals surface area contributed by atoms with E-state index in [0.29, 0.717) is 16.9 Å². The molecule has 0 saturated heterocycles. The van der Waals surface area contributed by atoms with Crippen molar-refractivity contribution >= 4 is 0 Å². The van der Waals surface area contributed by atoms with Crippen molar-refractivity contribution < 1.29 is 0 Å². The molecular formula is C18H40N2. The molecule has 0 radical (unpaired) electrons. The van der Waals surface area contributed by atoms with Crippen LogP contribution in [0.3, 0.4) is 0 Å². The first kappa shape index (κ1) is 19.9. The van der Waals surface area contributed by atoms with Gasteiger partial charge in [-0.25, -0.2) is 0 Å². The Hall–Kier alpha value is -0.0800. The van der Waals surface area contributed by atoms with E-state index in [-0.39, 0.29) is 0 Å². The van der Waals surface area contributed by atoms with Gasteiger partial charge in [-0.15, -0.1) is 0 Å². The lowest BCUT2D eigenvalue weighted by Crippen LogP contribution is -2.48. The van der Waals surface area contributed by atoms with Crippen molar-refractivity contribution in [3.05, 3.63) is 0 Å². The fraction of sp³-hybridized carbons (Fsp3) is 1.00. The van der Waals surface area contributed by atoms with Crippen molar-refractivity contribution in [3.8, 4) is 0 Å². The number of rotatable bonds is 9. The number of hydrogen-bond acceptors (Lipinski definition) is 2. The van der Waals surface area contributed by atoms with Crippen molar-refractivity contribution in [1.82, 2.24) is 10.2 Å². The third kappa shape index (κ3) is 6.58. The lowest BCUT2D eigenvalue weighted by molar-refractivity contribution is 0.0770. The summed E-state index contributed by atoms with van der Waals surface area (Å²) in [6.45, 7) is 22.1. The van der Waals surface area contributed by atoms with Crippen molar-refractivity contribution in [2.24, 2.45) is 16.7 Å². The zero-order chi connectivity index (χ0) is 16.0. The molecule has 0 aliphatic carbocycles. The zero-order valence-electron chi connectivity index (χ0n) is 15.6. The van der Waals surface area contributed by atoms with E-state index in [0.717, 1.165) is 19.0 Å². The Labute approximate surface area is 128 Å². The molecule has 0 bridgehead atoms. The highest BCUT2D eigenvalue weighted by Gasteiger charge is 2.32. The second-order valence-corrected chi connectivity index (χ2v) is 8.19. The van der Waals surface area contributed by atoms with Crippen molar-refractivity contribution in [2.45, 2.75) is 74.3 Å². The summed E-state index contributed by atoms with van der Waals surface area (Å²) in [7, 11) is 2.29. The molecule has 2 nitrogen and oxygen atoms in total. The summed E-state index contributed by atoms with van der Waals surface area (Å²) in [5.74, 6) is 0.729. The van der Waals surface area contributed by atoms with Crippen molar-refractivity contribution in [2.75, 3.05) is 26.7 Å². The smallest absolute Gasteiger partial charge is 0.0113 e. The Kier molecular flexibility index (Phi) is 8.35. The van der Waals surface area contributed by atoms with E-state index in [9.17, 15) is 0 Å². The van der Waals surface area contributed by atoms with Gasteiger partial charge >= 0.3 is 0 Å². The molecule has 122 valence electrons. The second kappa shape index (κ2) is 8.38. The third-order valence-corrected chi connectivity index (χ3v) is 5.05. The predicted octanol–water partition coefficient (Wildman–Crippen LogP) is 4.40. The summed E-state index contributed by atoms with van der Waals surface area (Å²) in [6, 6.07) is 0.602. The lowest BCUT2D eigenvalue weighted by Gasteiger charge is -2.42. The van der Waals surface area contributed by atoms with Crippen molar-refractivity contribution in [1.29, 1.82) is 0 Å². The Balaban J connectivity index is 4.66. The van der Waals surface area contributed by atoms with Crippen LogP contribution in [0.4, 0.5) is 0 Å². The Bertz CT molecular complexity index is 249. The summed E-state index contributed by atoms with van der Waals surface area (Å²) in [5, 5.41) is 3.68. The van der Waals surface area contributed by atoms with Crippen LogP contribution >= 0.6 is 0 Å². The topological polar surface area (TPSA) is 15.3 Å². The first-order chi connectivity index (χ1) is 9.08. The van der Waals surface area contributed by atoms with Gasteiger partial charge in [0, 0.05) is 19.1 Å². The molecule has 0 amide bonds. The highest BCUT2D eigenvalue weighted by atomic mass is 15.1. The molecule has 0 spiro atoms. The van der Waals surface area contributed by atoms with E-state index in [2.05, 4.69) is 72.7 Å². The maximum atomic E-state index is 3.68. The average Bonchev–Trinajstić information content (AvgIpc) is 2.34. The van der Waals surface area contributed by atoms with Gasteiger partial charge in [0.2, 0.25) is 0 Å². The quantitative estimate of drug-likeness (QED) is 0.675. The minimum Gasteiger partial charge on any atom is -0.316 e. The number of hydrogen-bond donors (Lipinski definition) is 1.